The Hall–Kier alpha value is -3.52. The van der Waals surface area contributed by atoms with E-state index in [1.165, 1.54) is 25.2 Å². The number of nitrogens with one attached hydrogen (secondary N) is 2. The molecule has 0 atom stereocenters. The molecule has 2 N–H and O–H groups in total. The number of ether oxygens (including phenoxy) is 2. The SMILES string of the molecule is COC(=O)CC1=CC(=O)N(CC(=O)Nc2ccc(OC)c(Cl)c2)c2cc(C)c(C)cc2N1. The fourth-order valence-corrected chi connectivity index (χ4v) is 3.51. The van der Waals surface area contributed by atoms with Gasteiger partial charge in [0.05, 0.1) is 37.0 Å². The minimum atomic E-state index is -0.482. The van der Waals surface area contributed by atoms with Gasteiger partial charge in [-0.25, -0.2) is 0 Å². The fraction of sp³-hybridized carbons (Fsp3) is 0.261. The van der Waals surface area contributed by atoms with Gasteiger partial charge in [-0.1, -0.05) is 11.6 Å². The van der Waals surface area contributed by atoms with Gasteiger partial charge < -0.3 is 20.1 Å². The minimum Gasteiger partial charge on any atom is -0.495 e. The Kier molecular flexibility index (Phi) is 7.05. The molecule has 1 aliphatic heterocycles. The number of aryl methyl sites for hydroxylation is 2. The zero-order chi connectivity index (χ0) is 23.4. The number of hydrogen-bond donors (Lipinski definition) is 2. The Balaban J connectivity index is 1.89. The van der Waals surface area contributed by atoms with E-state index >= 15 is 0 Å². The summed E-state index contributed by atoms with van der Waals surface area (Å²) in [6, 6.07) is 8.58. The van der Waals surface area contributed by atoms with Gasteiger partial charge in [-0.2, -0.15) is 0 Å². The standard InChI is InChI=1S/C23H24ClN3O5/c1-13-7-18-19(8-14(13)2)27(22(29)10-16(25-18)11-23(30)32-4)12-21(28)26-15-5-6-20(31-3)17(24)9-15/h5-10,25H,11-12H2,1-4H3,(H,26,28). The topological polar surface area (TPSA) is 97.0 Å². The number of carbonyl (C=O) groups is 3. The molecule has 168 valence electrons. The van der Waals surface area contributed by atoms with Gasteiger partial charge in [0.15, 0.2) is 0 Å². The van der Waals surface area contributed by atoms with Crippen LogP contribution in [0.2, 0.25) is 5.02 Å². The van der Waals surface area contributed by atoms with E-state index in [1.807, 2.05) is 26.0 Å². The van der Waals surface area contributed by atoms with Gasteiger partial charge >= 0.3 is 5.97 Å². The van der Waals surface area contributed by atoms with Crippen molar-refractivity contribution in [3.05, 3.63) is 58.3 Å². The Morgan fingerprint density at radius 3 is 2.50 bits per heavy atom. The summed E-state index contributed by atoms with van der Waals surface area (Å²) >= 11 is 6.12. The van der Waals surface area contributed by atoms with Crippen LogP contribution in [-0.2, 0) is 19.1 Å². The summed E-state index contributed by atoms with van der Waals surface area (Å²) in [7, 11) is 2.78. The maximum absolute atomic E-state index is 13.0. The van der Waals surface area contributed by atoms with Gasteiger partial charge in [0, 0.05) is 17.5 Å². The van der Waals surface area contributed by atoms with Crippen molar-refractivity contribution in [1.29, 1.82) is 0 Å². The highest BCUT2D eigenvalue weighted by Gasteiger charge is 2.26. The number of nitrogens with zero attached hydrogens (tertiary/aromatic N) is 1. The third-order valence-electron chi connectivity index (χ3n) is 5.06. The van der Waals surface area contributed by atoms with Crippen molar-refractivity contribution in [2.75, 3.05) is 36.3 Å². The third-order valence-corrected chi connectivity index (χ3v) is 5.36. The smallest absolute Gasteiger partial charge is 0.311 e. The number of rotatable bonds is 6. The summed E-state index contributed by atoms with van der Waals surface area (Å²) in [6.07, 6.45) is 1.21. The highest BCUT2D eigenvalue weighted by molar-refractivity contribution is 6.32. The third kappa shape index (κ3) is 5.20. The molecule has 0 fully saturated rings. The van der Waals surface area contributed by atoms with Gasteiger partial charge in [-0.05, 0) is 55.3 Å². The van der Waals surface area contributed by atoms with Crippen LogP contribution in [0.15, 0.2) is 42.1 Å². The zero-order valence-corrected chi connectivity index (χ0v) is 19.0. The molecule has 2 aromatic carbocycles. The molecule has 9 heteroatoms. The lowest BCUT2D eigenvalue weighted by Gasteiger charge is -2.23. The predicted molar refractivity (Wildman–Crippen MR) is 123 cm³/mol. The zero-order valence-electron chi connectivity index (χ0n) is 18.2. The second-order valence-electron chi connectivity index (χ2n) is 7.32. The maximum atomic E-state index is 13.0. The summed E-state index contributed by atoms with van der Waals surface area (Å²) < 4.78 is 9.83. The molecule has 1 aliphatic rings. The molecule has 3 rings (SSSR count). The number of esters is 1. The van der Waals surface area contributed by atoms with E-state index in [0.29, 0.717) is 33.5 Å². The Labute approximate surface area is 191 Å². The van der Waals surface area contributed by atoms with Crippen LogP contribution < -0.4 is 20.3 Å². The van der Waals surface area contributed by atoms with E-state index in [4.69, 9.17) is 21.1 Å². The predicted octanol–water partition coefficient (Wildman–Crippen LogP) is 3.81. The van der Waals surface area contributed by atoms with E-state index in [-0.39, 0.29) is 13.0 Å². The largest absolute Gasteiger partial charge is 0.495 e. The molecular weight excluding hydrogens is 434 g/mol. The van der Waals surface area contributed by atoms with Crippen molar-refractivity contribution in [1.82, 2.24) is 0 Å². The normalized spacial score (nSPS) is 12.8. The van der Waals surface area contributed by atoms with Crippen LogP contribution in [0.4, 0.5) is 17.1 Å². The number of hydrogen-bond acceptors (Lipinski definition) is 6. The molecule has 8 nitrogen and oxygen atoms in total. The first-order valence-corrected chi connectivity index (χ1v) is 10.2. The van der Waals surface area contributed by atoms with Crippen LogP contribution in [0.25, 0.3) is 0 Å². The van der Waals surface area contributed by atoms with Crippen molar-refractivity contribution in [2.45, 2.75) is 20.3 Å². The number of fused-ring (bicyclic) bond motifs is 1. The van der Waals surface area contributed by atoms with E-state index in [2.05, 4.69) is 10.6 Å². The molecule has 2 aromatic rings. The van der Waals surface area contributed by atoms with Crippen LogP contribution in [0.5, 0.6) is 5.75 Å². The molecule has 0 saturated carbocycles. The molecule has 0 bridgehead atoms. The van der Waals surface area contributed by atoms with E-state index < -0.39 is 17.8 Å². The number of carbonyl (C=O) groups excluding carboxylic acids is 3. The molecule has 0 aromatic heterocycles. The molecule has 0 aliphatic carbocycles. The second kappa shape index (κ2) is 9.74. The summed E-state index contributed by atoms with van der Waals surface area (Å²) in [5, 5.41) is 6.23. The average Bonchev–Trinajstić information content (AvgIpc) is 2.85. The molecular formula is C23H24ClN3O5. The summed E-state index contributed by atoms with van der Waals surface area (Å²) in [6.45, 7) is 3.63. The van der Waals surface area contributed by atoms with Crippen LogP contribution >= 0.6 is 11.6 Å². The second-order valence-corrected chi connectivity index (χ2v) is 7.73. The van der Waals surface area contributed by atoms with Crippen molar-refractivity contribution >= 4 is 46.4 Å². The van der Waals surface area contributed by atoms with Crippen LogP contribution in [0.1, 0.15) is 17.5 Å². The minimum absolute atomic E-state index is 0.0982. The van der Waals surface area contributed by atoms with Crippen molar-refractivity contribution < 1.29 is 23.9 Å². The lowest BCUT2D eigenvalue weighted by molar-refractivity contribution is -0.139. The Bertz CT molecular complexity index is 1110. The fourth-order valence-electron chi connectivity index (χ4n) is 3.25. The number of amides is 2. The first kappa shape index (κ1) is 23.1. The summed E-state index contributed by atoms with van der Waals surface area (Å²) in [5.74, 6) is -0.833. The Morgan fingerprint density at radius 2 is 1.84 bits per heavy atom. The molecule has 0 saturated heterocycles. The number of halogens is 1. The van der Waals surface area contributed by atoms with Gasteiger partial charge in [0.1, 0.15) is 12.3 Å². The van der Waals surface area contributed by atoms with E-state index in [9.17, 15) is 14.4 Å². The molecule has 1 heterocycles. The lowest BCUT2D eigenvalue weighted by atomic mass is 10.1. The van der Waals surface area contributed by atoms with Gasteiger partial charge in [-0.3, -0.25) is 19.3 Å². The van der Waals surface area contributed by atoms with Crippen LogP contribution in [0.3, 0.4) is 0 Å². The number of benzene rings is 2. The molecule has 2 amide bonds. The first-order chi connectivity index (χ1) is 15.2. The highest BCUT2D eigenvalue weighted by Crippen LogP contribution is 2.34. The first-order valence-electron chi connectivity index (χ1n) is 9.82. The van der Waals surface area contributed by atoms with Crippen molar-refractivity contribution in [3.63, 3.8) is 0 Å². The van der Waals surface area contributed by atoms with Gasteiger partial charge in [-0.15, -0.1) is 0 Å². The van der Waals surface area contributed by atoms with Gasteiger partial charge in [0.2, 0.25) is 5.91 Å². The molecule has 0 unspecified atom stereocenters. The molecule has 32 heavy (non-hydrogen) atoms. The molecule has 0 radical (unpaired) electrons. The lowest BCUT2D eigenvalue weighted by Crippen LogP contribution is -2.37. The summed E-state index contributed by atoms with van der Waals surface area (Å²) in [5.41, 5.74) is 3.98. The van der Waals surface area contributed by atoms with Gasteiger partial charge in [0.25, 0.3) is 5.91 Å². The van der Waals surface area contributed by atoms with Crippen LogP contribution in [-0.4, -0.2) is 38.5 Å². The van der Waals surface area contributed by atoms with E-state index in [0.717, 1.165) is 11.1 Å². The highest BCUT2D eigenvalue weighted by atomic mass is 35.5. The number of anilines is 3. The number of methoxy groups -OCH3 is 2. The quantitative estimate of drug-likeness (QED) is 0.640. The van der Waals surface area contributed by atoms with E-state index in [1.54, 1.807) is 18.2 Å². The van der Waals surface area contributed by atoms with Crippen molar-refractivity contribution in [3.8, 4) is 5.75 Å². The van der Waals surface area contributed by atoms with Crippen LogP contribution in [0, 0.1) is 13.8 Å². The molecule has 0 spiro atoms. The average molecular weight is 458 g/mol. The monoisotopic (exact) mass is 457 g/mol. The van der Waals surface area contributed by atoms with Crippen molar-refractivity contribution in [2.24, 2.45) is 0 Å². The Morgan fingerprint density at radius 1 is 1.12 bits per heavy atom. The summed E-state index contributed by atoms with van der Waals surface area (Å²) in [4.78, 5) is 38.9. The maximum Gasteiger partial charge on any atom is 0.311 e.